The van der Waals surface area contributed by atoms with Gasteiger partial charge >= 0.3 is 0 Å². The van der Waals surface area contributed by atoms with Crippen LogP contribution in [0.15, 0.2) is 54.7 Å². The quantitative estimate of drug-likeness (QED) is 0.575. The van der Waals surface area contributed by atoms with Crippen LogP contribution in [0.1, 0.15) is 17.5 Å². The van der Waals surface area contributed by atoms with Crippen LogP contribution >= 0.6 is 21.6 Å². The number of rotatable bonds is 1. The molecule has 8 heteroatoms. The minimum absolute atomic E-state index is 0.0212. The number of hydrogen-bond donors (Lipinski definition) is 2. The van der Waals surface area contributed by atoms with Crippen molar-refractivity contribution < 1.29 is 9.59 Å². The Kier molecular flexibility index (Phi) is 3.06. The number of aromatic nitrogens is 1. The lowest BCUT2D eigenvalue weighted by Crippen LogP contribution is -2.70. The van der Waals surface area contributed by atoms with Gasteiger partial charge in [0.15, 0.2) is 10.2 Å². The molecular weight excluding hydrogens is 416 g/mol. The zero-order valence-corrected chi connectivity index (χ0v) is 17.7. The van der Waals surface area contributed by atoms with Gasteiger partial charge in [0.25, 0.3) is 11.8 Å². The van der Waals surface area contributed by atoms with Gasteiger partial charge in [0.2, 0.25) is 0 Å². The number of likely N-dealkylation sites (N-methyl/N-ethyl adjacent to an activating group) is 1. The summed E-state index contributed by atoms with van der Waals surface area (Å²) in [6, 6.07) is 16.5. The van der Waals surface area contributed by atoms with E-state index in [1.54, 1.807) is 22.7 Å². The van der Waals surface area contributed by atoms with Gasteiger partial charge in [-0.25, -0.2) is 0 Å². The molecule has 6 heterocycles. The number of fused-ring (bicyclic) bond motifs is 6. The SMILES string of the molecule is CN1C(=O)[C@@]23C[C@]4(c5c[nH]c6ccccc56)c5ccccc5N[C@@H]4N2C(=O)[C@@H]1SS3. The molecular formula is C22H18N4O2S2. The van der Waals surface area contributed by atoms with Crippen molar-refractivity contribution in [2.24, 2.45) is 0 Å². The number of para-hydroxylation sites is 2. The van der Waals surface area contributed by atoms with Crippen molar-refractivity contribution in [1.29, 1.82) is 0 Å². The first kappa shape index (κ1) is 17.1. The van der Waals surface area contributed by atoms with E-state index in [9.17, 15) is 9.59 Å². The number of hydrogen-bond acceptors (Lipinski definition) is 5. The lowest BCUT2D eigenvalue weighted by molar-refractivity contribution is -0.157. The predicted octanol–water partition coefficient (Wildman–Crippen LogP) is 3.33. The van der Waals surface area contributed by atoms with Gasteiger partial charge in [0, 0.05) is 36.3 Å². The second-order valence-corrected chi connectivity index (χ2v) is 11.0. The summed E-state index contributed by atoms with van der Waals surface area (Å²) in [5.41, 5.74) is 3.89. The number of benzene rings is 2. The normalized spacial score (nSPS) is 33.6. The van der Waals surface area contributed by atoms with Crippen LogP contribution in [0, 0.1) is 0 Å². The highest BCUT2D eigenvalue weighted by molar-refractivity contribution is 8.78. The molecule has 5 aliphatic heterocycles. The van der Waals surface area contributed by atoms with E-state index >= 15 is 0 Å². The molecule has 8 rings (SSSR count). The maximum atomic E-state index is 13.5. The molecule has 4 atom stereocenters. The van der Waals surface area contributed by atoms with Gasteiger partial charge in [-0.15, -0.1) is 0 Å². The average molecular weight is 435 g/mol. The molecule has 1 aromatic heterocycles. The summed E-state index contributed by atoms with van der Waals surface area (Å²) in [4.78, 5) is 33.1. The summed E-state index contributed by atoms with van der Waals surface area (Å²) < 4.78 is 0. The lowest BCUT2D eigenvalue weighted by atomic mass is 9.72. The van der Waals surface area contributed by atoms with Crippen LogP contribution < -0.4 is 5.32 Å². The van der Waals surface area contributed by atoms with Crippen LogP contribution in [0.2, 0.25) is 0 Å². The Balaban J connectivity index is 1.55. The van der Waals surface area contributed by atoms with Gasteiger partial charge in [-0.3, -0.25) is 14.5 Å². The first-order valence-corrected chi connectivity index (χ1v) is 12.2. The Morgan fingerprint density at radius 2 is 1.87 bits per heavy atom. The minimum Gasteiger partial charge on any atom is -0.364 e. The molecule has 2 amide bonds. The molecule has 3 aromatic rings. The number of piperazine rings is 1. The molecule has 6 nitrogen and oxygen atoms in total. The largest absolute Gasteiger partial charge is 0.364 e. The van der Waals surface area contributed by atoms with E-state index < -0.39 is 15.7 Å². The maximum absolute atomic E-state index is 13.5. The molecule has 2 aromatic carbocycles. The highest BCUT2D eigenvalue weighted by Gasteiger charge is 2.74. The molecule has 2 bridgehead atoms. The molecule has 30 heavy (non-hydrogen) atoms. The van der Waals surface area contributed by atoms with E-state index in [0.29, 0.717) is 6.42 Å². The third-order valence-electron chi connectivity index (χ3n) is 7.13. The fraction of sp³-hybridized carbons (Fsp3) is 0.273. The number of carbonyl (C=O) groups excluding carboxylic acids is 2. The Labute approximate surface area is 180 Å². The van der Waals surface area contributed by atoms with Gasteiger partial charge in [0.1, 0.15) is 6.17 Å². The van der Waals surface area contributed by atoms with Crippen molar-refractivity contribution >= 4 is 50.0 Å². The summed E-state index contributed by atoms with van der Waals surface area (Å²) in [6.45, 7) is 0. The Morgan fingerprint density at radius 3 is 2.77 bits per heavy atom. The molecule has 4 fully saturated rings. The molecule has 150 valence electrons. The first-order chi connectivity index (χ1) is 14.6. The number of aromatic amines is 1. The van der Waals surface area contributed by atoms with E-state index in [1.165, 1.54) is 10.8 Å². The van der Waals surface area contributed by atoms with Crippen molar-refractivity contribution in [1.82, 2.24) is 14.8 Å². The Hall–Kier alpha value is -2.58. The summed E-state index contributed by atoms with van der Waals surface area (Å²) in [5, 5.41) is 4.31. The molecule has 0 saturated carbocycles. The van der Waals surface area contributed by atoms with Crippen molar-refractivity contribution in [2.45, 2.75) is 28.2 Å². The zero-order valence-electron chi connectivity index (χ0n) is 16.1. The molecule has 1 spiro atoms. The van der Waals surface area contributed by atoms with Crippen LogP contribution in [0.5, 0.6) is 0 Å². The third-order valence-corrected chi connectivity index (χ3v) is 10.4. The molecule has 0 aliphatic carbocycles. The van der Waals surface area contributed by atoms with Crippen molar-refractivity contribution in [3.63, 3.8) is 0 Å². The van der Waals surface area contributed by atoms with Gasteiger partial charge in [0.05, 0.1) is 5.41 Å². The number of nitrogens with zero attached hydrogens (tertiary/aromatic N) is 2. The number of amides is 2. The number of H-pyrrole nitrogens is 1. The first-order valence-electron chi connectivity index (χ1n) is 9.95. The molecule has 5 aliphatic rings. The zero-order chi connectivity index (χ0) is 20.3. The summed E-state index contributed by atoms with van der Waals surface area (Å²) in [6.07, 6.45) is 2.32. The topological polar surface area (TPSA) is 68.4 Å². The van der Waals surface area contributed by atoms with Crippen molar-refractivity contribution in [3.8, 4) is 0 Å². The van der Waals surface area contributed by atoms with Crippen molar-refractivity contribution in [2.75, 3.05) is 12.4 Å². The molecule has 2 N–H and O–H groups in total. The van der Waals surface area contributed by atoms with E-state index in [1.807, 2.05) is 29.2 Å². The van der Waals surface area contributed by atoms with Crippen molar-refractivity contribution in [3.05, 3.63) is 65.9 Å². The monoisotopic (exact) mass is 434 g/mol. The molecule has 4 saturated heterocycles. The molecule has 0 radical (unpaired) electrons. The summed E-state index contributed by atoms with van der Waals surface area (Å²) in [5.74, 6) is 0.0524. The van der Waals surface area contributed by atoms with Gasteiger partial charge in [-0.2, -0.15) is 0 Å². The lowest BCUT2D eigenvalue weighted by Gasteiger charge is -2.52. The molecule has 0 unspecified atom stereocenters. The van der Waals surface area contributed by atoms with Gasteiger partial charge in [-0.05, 0) is 23.3 Å². The number of anilines is 1. The predicted molar refractivity (Wildman–Crippen MR) is 119 cm³/mol. The fourth-order valence-corrected chi connectivity index (χ4v) is 9.34. The fourth-order valence-electron chi connectivity index (χ4n) is 5.88. The Bertz CT molecular complexity index is 1270. The van der Waals surface area contributed by atoms with Crippen LogP contribution in [0.25, 0.3) is 10.9 Å². The number of carbonyl (C=O) groups is 2. The highest BCUT2D eigenvalue weighted by Crippen LogP contribution is 2.67. The maximum Gasteiger partial charge on any atom is 0.261 e. The van der Waals surface area contributed by atoms with Crippen LogP contribution in [-0.2, 0) is 15.0 Å². The van der Waals surface area contributed by atoms with Crippen LogP contribution in [0.3, 0.4) is 0 Å². The van der Waals surface area contributed by atoms with E-state index in [0.717, 1.165) is 27.7 Å². The van der Waals surface area contributed by atoms with Gasteiger partial charge < -0.3 is 15.2 Å². The number of nitrogens with one attached hydrogen (secondary N) is 2. The van der Waals surface area contributed by atoms with Crippen LogP contribution in [0.4, 0.5) is 5.69 Å². The summed E-state index contributed by atoms with van der Waals surface area (Å²) in [7, 11) is 4.83. The standard InChI is InChI=1S/C22H18N4O2S2/c1-25-18-17(27)26-19-21(11-22(26,20(25)28)30-29-18,13-7-3-5-9-16(13)24-19)14-10-23-15-8-4-2-6-12(14)15/h2-10,18-19,23-24H,11H2,1H3/t18-,19+,21+,22-/m0/s1. The highest BCUT2D eigenvalue weighted by atomic mass is 33.1. The smallest absolute Gasteiger partial charge is 0.261 e. The average Bonchev–Trinajstić information content (AvgIpc) is 3.40. The van der Waals surface area contributed by atoms with E-state index in [-0.39, 0.29) is 18.0 Å². The van der Waals surface area contributed by atoms with Gasteiger partial charge in [-0.1, -0.05) is 58.0 Å². The minimum atomic E-state index is -0.894. The van der Waals surface area contributed by atoms with E-state index in [4.69, 9.17) is 0 Å². The summed E-state index contributed by atoms with van der Waals surface area (Å²) >= 11 is 0. The third kappa shape index (κ3) is 1.70. The second-order valence-electron chi connectivity index (χ2n) is 8.43. The second kappa shape index (κ2) is 5.36. The van der Waals surface area contributed by atoms with E-state index in [2.05, 4.69) is 40.8 Å². The van der Waals surface area contributed by atoms with Crippen LogP contribution in [-0.4, -0.2) is 50.1 Å². The Morgan fingerprint density at radius 1 is 1.07 bits per heavy atom.